The predicted octanol–water partition coefficient (Wildman–Crippen LogP) is 5.20. The Morgan fingerprint density at radius 3 is 2.43 bits per heavy atom. The van der Waals surface area contributed by atoms with Crippen LogP contribution in [0.15, 0.2) is 29.6 Å². The van der Waals surface area contributed by atoms with Crippen LogP contribution < -0.4 is 10.2 Å². The maximum Gasteiger partial charge on any atom is 0.412 e. The number of unbranched alkanes of at least 4 members (excludes halogenated alkanes) is 1. The summed E-state index contributed by atoms with van der Waals surface area (Å²) in [6, 6.07) is 0. The minimum absolute atomic E-state index is 0.0426. The third-order valence-electron chi connectivity index (χ3n) is 8.26. The second-order valence-corrected chi connectivity index (χ2v) is 11.0. The van der Waals surface area contributed by atoms with Gasteiger partial charge in [0.2, 0.25) is 5.91 Å². The van der Waals surface area contributed by atoms with E-state index >= 15 is 0 Å². The van der Waals surface area contributed by atoms with E-state index in [1.807, 2.05) is 18.9 Å². The SMILES string of the molecule is CNCCCC[C@@H](C(=O)N1CCN(c2ncnc3c2[C@H](C)C[C@@H]3C)CC1)C1=CC=C(C(F)(F)F)CC1C. The van der Waals surface area contributed by atoms with Gasteiger partial charge < -0.3 is 15.1 Å². The summed E-state index contributed by atoms with van der Waals surface area (Å²) < 4.78 is 39.9. The van der Waals surface area contributed by atoms with E-state index in [2.05, 4.69) is 34.0 Å². The second-order valence-electron chi connectivity index (χ2n) is 11.0. The van der Waals surface area contributed by atoms with Crippen molar-refractivity contribution in [3.63, 3.8) is 0 Å². The molecule has 9 heteroatoms. The maximum atomic E-state index is 13.8. The highest BCUT2D eigenvalue weighted by Gasteiger charge is 2.39. The lowest BCUT2D eigenvalue weighted by Gasteiger charge is -2.39. The first kappa shape index (κ1) is 27.6. The summed E-state index contributed by atoms with van der Waals surface area (Å²) in [7, 11) is 1.89. The van der Waals surface area contributed by atoms with Crippen LogP contribution in [0.1, 0.15) is 76.0 Å². The van der Waals surface area contributed by atoms with Crippen LogP contribution in [-0.2, 0) is 4.79 Å². The number of alkyl halides is 3. The van der Waals surface area contributed by atoms with Crippen LogP contribution >= 0.6 is 0 Å². The first-order chi connectivity index (χ1) is 17.6. The number of hydrogen-bond acceptors (Lipinski definition) is 5. The van der Waals surface area contributed by atoms with Gasteiger partial charge in [-0.3, -0.25) is 4.79 Å². The van der Waals surface area contributed by atoms with Crippen molar-refractivity contribution in [2.24, 2.45) is 11.8 Å². The Kier molecular flexibility index (Phi) is 8.61. The molecular weight excluding hydrogens is 479 g/mol. The minimum atomic E-state index is -4.32. The number of amides is 1. The van der Waals surface area contributed by atoms with Crippen LogP contribution in [-0.4, -0.2) is 66.7 Å². The summed E-state index contributed by atoms with van der Waals surface area (Å²) in [6.45, 7) is 9.65. The van der Waals surface area contributed by atoms with E-state index in [0.717, 1.165) is 42.9 Å². The van der Waals surface area contributed by atoms with Gasteiger partial charge in [0, 0.05) is 37.3 Å². The molecule has 2 heterocycles. The van der Waals surface area contributed by atoms with Crippen molar-refractivity contribution in [1.29, 1.82) is 0 Å². The highest BCUT2D eigenvalue weighted by atomic mass is 19.4. The van der Waals surface area contributed by atoms with Gasteiger partial charge >= 0.3 is 6.18 Å². The predicted molar refractivity (Wildman–Crippen MR) is 140 cm³/mol. The molecule has 4 rings (SSSR count). The van der Waals surface area contributed by atoms with E-state index < -0.39 is 11.7 Å². The third kappa shape index (κ3) is 6.02. The quantitative estimate of drug-likeness (QED) is 0.479. The molecule has 0 saturated carbocycles. The van der Waals surface area contributed by atoms with Crippen LogP contribution in [0, 0.1) is 11.8 Å². The molecule has 6 nitrogen and oxygen atoms in total. The fourth-order valence-corrected chi connectivity index (χ4v) is 6.27. The standard InChI is InChI=1S/C28H40F3N5O/c1-18-16-21(28(29,30)31)8-9-22(18)23(7-5-6-10-32-4)27(37)36-13-11-35(12-14-36)26-24-19(2)15-20(3)25(24)33-17-34-26/h8-9,17-20,23,32H,5-7,10-16H2,1-4H3/t18?,19-,20+,23-/m1/s1. The molecule has 0 aromatic carbocycles. The molecule has 37 heavy (non-hydrogen) atoms. The fourth-order valence-electron chi connectivity index (χ4n) is 6.27. The van der Waals surface area contributed by atoms with Crippen molar-refractivity contribution in [2.45, 2.75) is 70.9 Å². The molecular formula is C28H40F3N5O. The van der Waals surface area contributed by atoms with Crippen LogP contribution in [0.3, 0.4) is 0 Å². The Balaban J connectivity index is 1.48. The Morgan fingerprint density at radius 1 is 1.05 bits per heavy atom. The number of carbonyl (C=O) groups excluding carboxylic acids is 1. The number of halogens is 3. The molecule has 3 aliphatic rings. The van der Waals surface area contributed by atoms with Gasteiger partial charge in [0.1, 0.15) is 12.1 Å². The number of rotatable bonds is 8. The zero-order valence-corrected chi connectivity index (χ0v) is 22.4. The highest BCUT2D eigenvalue weighted by molar-refractivity contribution is 5.82. The van der Waals surface area contributed by atoms with Gasteiger partial charge in [-0.25, -0.2) is 9.97 Å². The Bertz CT molecular complexity index is 1030. The molecule has 204 valence electrons. The molecule has 1 unspecified atom stereocenters. The van der Waals surface area contributed by atoms with Gasteiger partial charge in [-0.15, -0.1) is 0 Å². The van der Waals surface area contributed by atoms with Crippen molar-refractivity contribution in [1.82, 2.24) is 20.2 Å². The van der Waals surface area contributed by atoms with E-state index in [1.54, 1.807) is 12.4 Å². The zero-order chi connectivity index (χ0) is 26.7. The molecule has 1 saturated heterocycles. The summed E-state index contributed by atoms with van der Waals surface area (Å²) >= 11 is 0. The molecule has 4 atom stereocenters. The summed E-state index contributed by atoms with van der Waals surface area (Å²) in [6.07, 6.45) is 3.51. The molecule has 1 fully saturated rings. The van der Waals surface area contributed by atoms with Crippen molar-refractivity contribution in [3.05, 3.63) is 40.9 Å². The van der Waals surface area contributed by atoms with E-state index in [4.69, 9.17) is 0 Å². The van der Waals surface area contributed by atoms with Crippen LogP contribution in [0.25, 0.3) is 0 Å². The van der Waals surface area contributed by atoms with Gasteiger partial charge in [0.15, 0.2) is 0 Å². The number of nitrogens with one attached hydrogen (secondary N) is 1. The monoisotopic (exact) mass is 519 g/mol. The number of piperazine rings is 1. The minimum Gasteiger partial charge on any atom is -0.353 e. The van der Waals surface area contributed by atoms with Crippen molar-refractivity contribution < 1.29 is 18.0 Å². The molecule has 0 radical (unpaired) electrons. The number of allylic oxidation sites excluding steroid dienone is 3. The normalized spacial score (nSPS) is 25.0. The largest absolute Gasteiger partial charge is 0.412 e. The number of fused-ring (bicyclic) bond motifs is 1. The molecule has 2 aliphatic carbocycles. The molecule has 1 aliphatic heterocycles. The van der Waals surface area contributed by atoms with Gasteiger partial charge in [0.25, 0.3) is 0 Å². The maximum absolute atomic E-state index is 13.8. The summed E-state index contributed by atoms with van der Waals surface area (Å²) in [5.74, 6) is 1.18. The van der Waals surface area contributed by atoms with E-state index in [1.165, 1.54) is 11.6 Å². The fraction of sp³-hybridized carbons (Fsp3) is 0.679. The van der Waals surface area contributed by atoms with Gasteiger partial charge in [-0.1, -0.05) is 44.9 Å². The number of anilines is 1. The first-order valence-corrected chi connectivity index (χ1v) is 13.6. The smallest absolute Gasteiger partial charge is 0.353 e. The Hall–Kier alpha value is -2.42. The molecule has 1 aromatic heterocycles. The molecule has 0 spiro atoms. The molecule has 0 bridgehead atoms. The highest BCUT2D eigenvalue weighted by Crippen LogP contribution is 2.44. The Labute approximate surface area is 218 Å². The van der Waals surface area contributed by atoms with Crippen molar-refractivity contribution >= 4 is 11.7 Å². The number of hydrogen-bond donors (Lipinski definition) is 1. The van der Waals surface area contributed by atoms with E-state index in [9.17, 15) is 18.0 Å². The third-order valence-corrected chi connectivity index (χ3v) is 8.26. The topological polar surface area (TPSA) is 61.4 Å². The average Bonchev–Trinajstić information content (AvgIpc) is 3.17. The van der Waals surface area contributed by atoms with Crippen molar-refractivity contribution in [3.8, 4) is 0 Å². The van der Waals surface area contributed by atoms with Crippen LogP contribution in [0.4, 0.5) is 19.0 Å². The van der Waals surface area contributed by atoms with Gasteiger partial charge in [-0.05, 0) is 57.0 Å². The summed E-state index contributed by atoms with van der Waals surface area (Å²) in [5, 5.41) is 3.13. The first-order valence-electron chi connectivity index (χ1n) is 13.6. The second kappa shape index (κ2) is 11.5. The molecule has 1 N–H and O–H groups in total. The average molecular weight is 520 g/mol. The summed E-state index contributed by atoms with van der Waals surface area (Å²) in [4.78, 5) is 27.1. The number of nitrogens with zero attached hydrogens (tertiary/aromatic N) is 4. The van der Waals surface area contributed by atoms with Crippen LogP contribution in [0.5, 0.6) is 0 Å². The lowest BCUT2D eigenvalue weighted by atomic mass is 9.78. The van der Waals surface area contributed by atoms with E-state index in [0.29, 0.717) is 44.4 Å². The molecule has 1 aromatic rings. The summed E-state index contributed by atoms with van der Waals surface area (Å²) in [5.41, 5.74) is 2.70. The number of aromatic nitrogens is 2. The molecule has 1 amide bonds. The lowest BCUT2D eigenvalue weighted by Crippen LogP contribution is -2.51. The van der Waals surface area contributed by atoms with Gasteiger partial charge in [-0.2, -0.15) is 13.2 Å². The van der Waals surface area contributed by atoms with Gasteiger partial charge in [0.05, 0.1) is 11.6 Å². The van der Waals surface area contributed by atoms with Crippen molar-refractivity contribution in [2.75, 3.05) is 44.7 Å². The lowest BCUT2D eigenvalue weighted by molar-refractivity contribution is -0.135. The zero-order valence-electron chi connectivity index (χ0n) is 22.4. The number of carbonyl (C=O) groups is 1. The van der Waals surface area contributed by atoms with E-state index in [-0.39, 0.29) is 24.2 Å². The van der Waals surface area contributed by atoms with Crippen LogP contribution in [0.2, 0.25) is 0 Å². The Morgan fingerprint density at radius 2 is 1.78 bits per heavy atom.